The number of hydrogen-bond donors (Lipinski definition) is 2. The van der Waals surface area contributed by atoms with Gasteiger partial charge in [-0.1, -0.05) is 51.8 Å². The fourth-order valence-electron chi connectivity index (χ4n) is 2.15. The highest BCUT2D eigenvalue weighted by atomic mass is 79.9. The summed E-state index contributed by atoms with van der Waals surface area (Å²) in [6.45, 7) is -0.434. The van der Waals surface area contributed by atoms with E-state index < -0.39 is 18.5 Å². The summed E-state index contributed by atoms with van der Waals surface area (Å²) in [6.07, 6.45) is 0. The van der Waals surface area contributed by atoms with E-state index in [1.165, 1.54) is 0 Å². The predicted octanol–water partition coefficient (Wildman–Crippen LogP) is 4.29. The van der Waals surface area contributed by atoms with Crippen molar-refractivity contribution in [2.45, 2.75) is 0 Å². The zero-order valence-corrected chi connectivity index (χ0v) is 15.7. The number of aromatic amines is 1. The van der Waals surface area contributed by atoms with Crippen molar-refractivity contribution in [1.82, 2.24) is 10.2 Å². The minimum atomic E-state index is -0.671. The molecule has 6 nitrogen and oxygen atoms in total. The number of esters is 1. The summed E-state index contributed by atoms with van der Waals surface area (Å²) >= 11 is 9.32. The van der Waals surface area contributed by atoms with Gasteiger partial charge < -0.3 is 10.1 Å². The third-order valence-electron chi connectivity index (χ3n) is 3.42. The van der Waals surface area contributed by atoms with Gasteiger partial charge in [0.15, 0.2) is 6.61 Å². The topological polar surface area (TPSA) is 84.1 Å². The molecule has 0 aliphatic carbocycles. The third kappa shape index (κ3) is 4.50. The van der Waals surface area contributed by atoms with Crippen LogP contribution in [0, 0.1) is 0 Å². The average Bonchev–Trinajstić information content (AvgIpc) is 3.12. The summed E-state index contributed by atoms with van der Waals surface area (Å²) < 4.78 is 5.94. The highest BCUT2D eigenvalue weighted by molar-refractivity contribution is 9.10. The van der Waals surface area contributed by atoms with E-state index >= 15 is 0 Å². The number of nitrogens with zero attached hydrogens (tertiary/aromatic N) is 1. The van der Waals surface area contributed by atoms with Crippen LogP contribution in [0.4, 0.5) is 5.69 Å². The molecule has 132 valence electrons. The molecule has 0 aliphatic rings. The molecular weight excluding hydrogens is 422 g/mol. The number of halogens is 2. The summed E-state index contributed by atoms with van der Waals surface area (Å²) in [5.74, 6) is -1.16. The molecule has 0 saturated carbocycles. The van der Waals surface area contributed by atoms with Gasteiger partial charge in [0.1, 0.15) is 5.69 Å². The Morgan fingerprint density at radius 3 is 2.62 bits per heavy atom. The van der Waals surface area contributed by atoms with Gasteiger partial charge in [-0.2, -0.15) is 5.10 Å². The quantitative estimate of drug-likeness (QED) is 0.587. The first kappa shape index (κ1) is 18.2. The number of ether oxygens (including phenoxy) is 1. The lowest BCUT2D eigenvalue weighted by Gasteiger charge is -2.07. The van der Waals surface area contributed by atoms with Crippen molar-refractivity contribution in [3.8, 4) is 11.3 Å². The Morgan fingerprint density at radius 2 is 1.88 bits per heavy atom. The van der Waals surface area contributed by atoms with Gasteiger partial charge in [0.25, 0.3) is 5.91 Å². The van der Waals surface area contributed by atoms with Crippen molar-refractivity contribution >= 4 is 45.1 Å². The van der Waals surface area contributed by atoms with Crippen LogP contribution in [0.5, 0.6) is 0 Å². The Morgan fingerprint density at radius 1 is 1.15 bits per heavy atom. The van der Waals surface area contributed by atoms with Gasteiger partial charge in [0.05, 0.1) is 16.4 Å². The predicted molar refractivity (Wildman–Crippen MR) is 102 cm³/mol. The lowest BCUT2D eigenvalue weighted by molar-refractivity contribution is -0.119. The average molecular weight is 435 g/mol. The molecule has 0 radical (unpaired) electrons. The number of nitrogens with one attached hydrogen (secondary N) is 2. The van der Waals surface area contributed by atoms with E-state index in [0.29, 0.717) is 16.4 Å². The minimum absolute atomic E-state index is 0.161. The molecule has 8 heteroatoms. The highest BCUT2D eigenvalue weighted by Crippen LogP contribution is 2.21. The summed E-state index contributed by atoms with van der Waals surface area (Å²) in [7, 11) is 0. The second-order valence-electron chi connectivity index (χ2n) is 5.28. The van der Waals surface area contributed by atoms with Crippen molar-refractivity contribution in [3.63, 3.8) is 0 Å². The van der Waals surface area contributed by atoms with Crippen molar-refractivity contribution in [2.24, 2.45) is 0 Å². The molecule has 3 aromatic rings. The molecule has 1 amide bonds. The number of carbonyl (C=O) groups excluding carboxylic acids is 2. The molecule has 0 aliphatic heterocycles. The molecule has 2 aromatic carbocycles. The molecule has 1 aromatic heterocycles. The maximum Gasteiger partial charge on any atom is 0.356 e. The SMILES string of the molecule is O=C(COC(=O)c1cc(-c2ccc(Br)cc2)n[nH]1)Nc1ccccc1Cl. The molecule has 1 heterocycles. The van der Waals surface area contributed by atoms with Gasteiger partial charge in [-0.15, -0.1) is 0 Å². The summed E-state index contributed by atoms with van der Waals surface area (Å²) in [4.78, 5) is 23.9. The number of aromatic nitrogens is 2. The fourth-order valence-corrected chi connectivity index (χ4v) is 2.60. The van der Waals surface area contributed by atoms with E-state index in [1.807, 2.05) is 24.3 Å². The summed E-state index contributed by atoms with van der Waals surface area (Å²) in [6, 6.07) is 15.8. The van der Waals surface area contributed by atoms with E-state index in [2.05, 4.69) is 31.4 Å². The van der Waals surface area contributed by atoms with E-state index in [0.717, 1.165) is 10.0 Å². The van der Waals surface area contributed by atoms with Crippen LogP contribution in [0.2, 0.25) is 5.02 Å². The first-order chi connectivity index (χ1) is 12.5. The molecule has 0 saturated heterocycles. The number of H-pyrrole nitrogens is 1. The first-order valence-electron chi connectivity index (χ1n) is 7.56. The monoisotopic (exact) mass is 433 g/mol. The van der Waals surface area contributed by atoms with E-state index in [9.17, 15) is 9.59 Å². The molecule has 3 rings (SSSR count). The minimum Gasteiger partial charge on any atom is -0.451 e. The normalized spacial score (nSPS) is 10.4. The summed E-state index contributed by atoms with van der Waals surface area (Å²) in [5, 5.41) is 9.67. The highest BCUT2D eigenvalue weighted by Gasteiger charge is 2.14. The van der Waals surface area contributed by atoms with Crippen LogP contribution in [0.3, 0.4) is 0 Å². The second kappa shape index (κ2) is 8.16. The Kier molecular flexibility index (Phi) is 5.70. The number of rotatable bonds is 5. The molecule has 0 unspecified atom stereocenters. The van der Waals surface area contributed by atoms with Gasteiger partial charge in [0.2, 0.25) is 0 Å². The molecule has 0 atom stereocenters. The van der Waals surface area contributed by atoms with Crippen molar-refractivity contribution in [1.29, 1.82) is 0 Å². The zero-order chi connectivity index (χ0) is 18.5. The van der Waals surface area contributed by atoms with Gasteiger partial charge in [-0.25, -0.2) is 4.79 Å². The van der Waals surface area contributed by atoms with E-state index in [4.69, 9.17) is 16.3 Å². The molecule has 2 N–H and O–H groups in total. The number of carbonyl (C=O) groups is 2. The van der Waals surface area contributed by atoms with Crippen molar-refractivity contribution < 1.29 is 14.3 Å². The van der Waals surface area contributed by atoms with E-state index in [1.54, 1.807) is 30.3 Å². The second-order valence-corrected chi connectivity index (χ2v) is 6.60. The number of anilines is 1. The third-order valence-corrected chi connectivity index (χ3v) is 4.28. The van der Waals surface area contributed by atoms with Crippen LogP contribution >= 0.6 is 27.5 Å². The smallest absolute Gasteiger partial charge is 0.356 e. The Bertz CT molecular complexity index is 941. The maximum absolute atomic E-state index is 12.1. The van der Waals surface area contributed by atoms with Crippen LogP contribution in [0.25, 0.3) is 11.3 Å². The van der Waals surface area contributed by atoms with Gasteiger partial charge in [-0.3, -0.25) is 9.89 Å². The van der Waals surface area contributed by atoms with Gasteiger partial charge in [0, 0.05) is 10.0 Å². The van der Waals surface area contributed by atoms with Crippen LogP contribution in [0.15, 0.2) is 59.1 Å². The molecule has 0 spiro atoms. The lowest BCUT2D eigenvalue weighted by atomic mass is 10.1. The van der Waals surface area contributed by atoms with Crippen LogP contribution in [-0.4, -0.2) is 28.7 Å². The Balaban J connectivity index is 1.58. The number of amides is 1. The Hall–Kier alpha value is -2.64. The Labute approximate surface area is 162 Å². The fraction of sp³-hybridized carbons (Fsp3) is 0.0556. The largest absolute Gasteiger partial charge is 0.451 e. The maximum atomic E-state index is 12.1. The van der Waals surface area contributed by atoms with Gasteiger partial charge >= 0.3 is 5.97 Å². The lowest BCUT2D eigenvalue weighted by Crippen LogP contribution is -2.21. The number of para-hydroxylation sites is 1. The molecule has 0 fully saturated rings. The standard InChI is InChI=1S/C18H13BrClN3O3/c19-12-7-5-11(6-8-12)15-9-16(23-22-15)18(25)26-10-17(24)21-14-4-2-1-3-13(14)20/h1-9H,10H2,(H,21,24)(H,22,23). The van der Waals surface area contributed by atoms with Crippen LogP contribution in [0.1, 0.15) is 10.5 Å². The summed E-state index contributed by atoms with van der Waals surface area (Å²) in [5.41, 5.74) is 2.06. The van der Waals surface area contributed by atoms with Gasteiger partial charge in [-0.05, 0) is 30.3 Å². The number of benzene rings is 2. The van der Waals surface area contributed by atoms with Crippen LogP contribution < -0.4 is 5.32 Å². The van der Waals surface area contributed by atoms with Crippen LogP contribution in [-0.2, 0) is 9.53 Å². The van der Waals surface area contributed by atoms with Crippen molar-refractivity contribution in [2.75, 3.05) is 11.9 Å². The zero-order valence-electron chi connectivity index (χ0n) is 13.3. The van der Waals surface area contributed by atoms with Crippen molar-refractivity contribution in [3.05, 3.63) is 69.8 Å². The van der Waals surface area contributed by atoms with E-state index in [-0.39, 0.29) is 5.69 Å². The number of hydrogen-bond acceptors (Lipinski definition) is 4. The molecule has 26 heavy (non-hydrogen) atoms. The molecule has 0 bridgehead atoms. The first-order valence-corrected chi connectivity index (χ1v) is 8.73. The molecular formula is C18H13BrClN3O3.